The molecular weight excluding hydrogens is 440 g/mol. The zero-order valence-corrected chi connectivity index (χ0v) is 20.8. The van der Waals surface area contributed by atoms with Gasteiger partial charge in [0, 0.05) is 5.02 Å². The second-order valence-corrected chi connectivity index (χ2v) is 10.5. The number of nitrogens with zero attached hydrogens (tertiary/aromatic N) is 8. The SMILES string of the molecule is CN(C)C1(c2nnnn2C(C(Oc2ccc(Cl)cc2)n2cncn2)C(C)(C)C)CCCCC1. The van der Waals surface area contributed by atoms with Gasteiger partial charge < -0.3 is 4.74 Å². The maximum Gasteiger partial charge on any atom is 0.215 e. The van der Waals surface area contributed by atoms with Gasteiger partial charge in [-0.2, -0.15) is 5.10 Å². The number of hydrogen-bond donors (Lipinski definition) is 0. The first-order valence-electron chi connectivity index (χ1n) is 11.4. The second-order valence-electron chi connectivity index (χ2n) is 10.1. The number of benzene rings is 1. The molecule has 10 heteroatoms. The maximum atomic E-state index is 6.53. The van der Waals surface area contributed by atoms with Gasteiger partial charge in [-0.05, 0) is 67.0 Å². The first kappa shape index (κ1) is 23.6. The minimum atomic E-state index is -0.529. The van der Waals surface area contributed by atoms with E-state index in [1.165, 1.54) is 12.7 Å². The molecule has 1 fully saturated rings. The molecule has 0 radical (unpaired) electrons. The number of tetrazole rings is 1. The van der Waals surface area contributed by atoms with Crippen LogP contribution in [0.15, 0.2) is 36.9 Å². The van der Waals surface area contributed by atoms with Gasteiger partial charge in [-0.15, -0.1) is 5.10 Å². The van der Waals surface area contributed by atoms with E-state index in [9.17, 15) is 0 Å². The smallest absolute Gasteiger partial charge is 0.215 e. The highest BCUT2D eigenvalue weighted by molar-refractivity contribution is 6.30. The van der Waals surface area contributed by atoms with Crippen molar-refractivity contribution in [2.75, 3.05) is 14.1 Å². The van der Waals surface area contributed by atoms with Gasteiger partial charge in [0.2, 0.25) is 6.23 Å². The summed E-state index contributed by atoms with van der Waals surface area (Å²) in [4.78, 5) is 6.46. The Labute approximate surface area is 200 Å². The summed E-state index contributed by atoms with van der Waals surface area (Å²) in [5, 5.41) is 18.4. The van der Waals surface area contributed by atoms with Crippen molar-refractivity contribution in [3.63, 3.8) is 0 Å². The molecule has 2 unspecified atom stereocenters. The van der Waals surface area contributed by atoms with Crippen molar-refractivity contribution >= 4 is 11.6 Å². The molecule has 1 aliphatic rings. The first-order valence-corrected chi connectivity index (χ1v) is 11.8. The Bertz CT molecular complexity index is 1020. The standard InChI is InChI=1S/C23H33ClN8O/c1-22(2,3)19(20(31-16-25-15-26-31)33-18-11-9-17(24)10-12-18)32-21(27-28-29-32)23(30(4)5)13-7-6-8-14-23/h9-12,15-16,19-20H,6-8,13-14H2,1-5H3. The van der Waals surface area contributed by atoms with E-state index in [1.54, 1.807) is 11.0 Å². The fourth-order valence-corrected chi connectivity index (χ4v) is 5.00. The molecule has 1 aromatic carbocycles. The molecule has 0 amide bonds. The summed E-state index contributed by atoms with van der Waals surface area (Å²) >= 11 is 6.10. The quantitative estimate of drug-likeness (QED) is 0.500. The van der Waals surface area contributed by atoms with E-state index in [0.29, 0.717) is 10.8 Å². The molecule has 1 aliphatic carbocycles. The molecule has 9 nitrogen and oxygen atoms in total. The highest BCUT2D eigenvalue weighted by Gasteiger charge is 2.46. The monoisotopic (exact) mass is 472 g/mol. The lowest BCUT2D eigenvalue weighted by Gasteiger charge is -2.44. The minimum absolute atomic E-state index is 0.224. The van der Waals surface area contributed by atoms with Crippen LogP contribution < -0.4 is 4.74 Å². The Morgan fingerprint density at radius 3 is 2.36 bits per heavy atom. The van der Waals surface area contributed by atoms with Gasteiger partial charge in [-0.3, -0.25) is 4.90 Å². The van der Waals surface area contributed by atoms with E-state index in [-0.39, 0.29) is 17.0 Å². The molecule has 33 heavy (non-hydrogen) atoms. The molecular formula is C23H33ClN8O. The maximum absolute atomic E-state index is 6.53. The topological polar surface area (TPSA) is 86.8 Å². The van der Waals surface area contributed by atoms with E-state index >= 15 is 0 Å². The van der Waals surface area contributed by atoms with Crippen molar-refractivity contribution in [3.05, 3.63) is 47.8 Å². The summed E-state index contributed by atoms with van der Waals surface area (Å²) in [7, 11) is 4.24. The van der Waals surface area contributed by atoms with Crippen LogP contribution in [-0.2, 0) is 5.54 Å². The average Bonchev–Trinajstić information content (AvgIpc) is 3.47. The van der Waals surface area contributed by atoms with E-state index < -0.39 is 6.23 Å². The third kappa shape index (κ3) is 4.75. The third-order valence-corrected chi connectivity index (χ3v) is 6.89. The van der Waals surface area contributed by atoms with Crippen LogP contribution in [0.4, 0.5) is 0 Å². The van der Waals surface area contributed by atoms with E-state index in [0.717, 1.165) is 31.5 Å². The normalized spacial score (nSPS) is 18.3. The number of hydrogen-bond acceptors (Lipinski definition) is 7. The predicted molar refractivity (Wildman–Crippen MR) is 126 cm³/mol. The summed E-state index contributed by atoms with van der Waals surface area (Å²) in [6.07, 6.45) is 8.23. The molecule has 0 aliphatic heterocycles. The van der Waals surface area contributed by atoms with Crippen LogP contribution >= 0.6 is 11.6 Å². The molecule has 2 heterocycles. The van der Waals surface area contributed by atoms with Gasteiger partial charge in [-0.1, -0.05) is 51.6 Å². The zero-order chi connectivity index (χ0) is 23.6. The van der Waals surface area contributed by atoms with Crippen LogP contribution in [-0.4, -0.2) is 54.0 Å². The fraction of sp³-hybridized carbons (Fsp3) is 0.609. The number of halogens is 1. The number of aromatic nitrogens is 7. The molecule has 0 spiro atoms. The van der Waals surface area contributed by atoms with Crippen LogP contribution in [0, 0.1) is 5.41 Å². The minimum Gasteiger partial charge on any atom is -0.466 e. The van der Waals surface area contributed by atoms with Crippen LogP contribution in [0.25, 0.3) is 0 Å². The lowest BCUT2D eigenvalue weighted by molar-refractivity contribution is -0.00904. The van der Waals surface area contributed by atoms with Crippen molar-refractivity contribution in [2.45, 2.75) is 70.7 Å². The van der Waals surface area contributed by atoms with Crippen LogP contribution in [0.3, 0.4) is 0 Å². The fourth-order valence-electron chi connectivity index (χ4n) is 4.87. The molecule has 0 bridgehead atoms. The van der Waals surface area contributed by atoms with Gasteiger partial charge >= 0.3 is 0 Å². The van der Waals surface area contributed by atoms with E-state index in [1.807, 2.05) is 28.9 Å². The number of rotatable bonds is 7. The van der Waals surface area contributed by atoms with Gasteiger partial charge in [0.05, 0.1) is 5.54 Å². The zero-order valence-electron chi connectivity index (χ0n) is 20.0. The Morgan fingerprint density at radius 1 is 1.09 bits per heavy atom. The Kier molecular flexibility index (Phi) is 6.72. The second kappa shape index (κ2) is 9.38. The van der Waals surface area contributed by atoms with E-state index in [2.05, 4.69) is 65.4 Å². The van der Waals surface area contributed by atoms with Crippen molar-refractivity contribution < 1.29 is 4.74 Å². The van der Waals surface area contributed by atoms with Crippen molar-refractivity contribution in [2.24, 2.45) is 5.41 Å². The van der Waals surface area contributed by atoms with Crippen LogP contribution in [0.1, 0.15) is 71.0 Å². The first-order chi connectivity index (χ1) is 15.7. The van der Waals surface area contributed by atoms with E-state index in [4.69, 9.17) is 16.3 Å². The van der Waals surface area contributed by atoms with Gasteiger partial charge in [0.15, 0.2) is 5.82 Å². The Balaban J connectivity index is 1.83. The molecule has 3 aromatic rings. The summed E-state index contributed by atoms with van der Waals surface area (Å²) in [6, 6.07) is 7.07. The molecule has 4 rings (SSSR count). The lowest BCUT2D eigenvalue weighted by atomic mass is 9.79. The largest absolute Gasteiger partial charge is 0.466 e. The molecule has 0 N–H and O–H groups in total. The highest BCUT2D eigenvalue weighted by atomic mass is 35.5. The highest BCUT2D eigenvalue weighted by Crippen LogP contribution is 2.45. The molecule has 1 saturated carbocycles. The van der Waals surface area contributed by atoms with Crippen molar-refractivity contribution in [1.29, 1.82) is 0 Å². The summed E-state index contributed by atoms with van der Waals surface area (Å²) in [5.74, 6) is 1.56. The summed E-state index contributed by atoms with van der Waals surface area (Å²) < 4.78 is 10.2. The van der Waals surface area contributed by atoms with Crippen LogP contribution in [0.5, 0.6) is 5.75 Å². The lowest BCUT2D eigenvalue weighted by Crippen LogP contribution is -2.47. The van der Waals surface area contributed by atoms with Crippen molar-refractivity contribution in [3.8, 4) is 5.75 Å². The summed E-state index contributed by atoms with van der Waals surface area (Å²) in [6.45, 7) is 6.50. The Morgan fingerprint density at radius 2 is 1.79 bits per heavy atom. The van der Waals surface area contributed by atoms with Gasteiger partial charge in [0.1, 0.15) is 24.4 Å². The van der Waals surface area contributed by atoms with Gasteiger partial charge in [0.25, 0.3) is 0 Å². The molecule has 2 atom stereocenters. The molecule has 2 aromatic heterocycles. The number of ether oxygens (including phenoxy) is 1. The van der Waals surface area contributed by atoms with Gasteiger partial charge in [-0.25, -0.2) is 14.3 Å². The van der Waals surface area contributed by atoms with Crippen LogP contribution in [0.2, 0.25) is 5.02 Å². The average molecular weight is 473 g/mol. The third-order valence-electron chi connectivity index (χ3n) is 6.63. The molecule has 0 saturated heterocycles. The molecule has 178 valence electrons. The predicted octanol–water partition coefficient (Wildman–Crippen LogP) is 4.50. The summed E-state index contributed by atoms with van der Waals surface area (Å²) in [5.41, 5.74) is -0.492. The van der Waals surface area contributed by atoms with Crippen molar-refractivity contribution in [1.82, 2.24) is 39.9 Å². The Hall–Kier alpha value is -2.52.